The molecule has 0 saturated carbocycles. The van der Waals surface area contributed by atoms with Crippen LogP contribution in [0.4, 0.5) is 18.9 Å². The number of aromatic nitrogens is 4. The molecule has 3 aromatic carbocycles. The van der Waals surface area contributed by atoms with E-state index < -0.39 is 66.8 Å². The number of hydrogen-bond donors (Lipinski definition) is 2. The average molecular weight is 658 g/mol. The lowest BCUT2D eigenvalue weighted by atomic mass is 10.0. The third-order valence-corrected chi connectivity index (χ3v) is 7.86. The molecule has 3 amide bonds. The molecule has 0 aliphatic carbocycles. The number of carbonyl (C=O) groups is 3. The van der Waals surface area contributed by atoms with Crippen molar-refractivity contribution in [1.29, 1.82) is 0 Å². The SMILES string of the molecule is NC(=O)c1nn(CC(=O)N2C[C@H](F)C[C@H]2C(=O)Nc2c(F)ccc(-c3ccccc3Cl)c2F)c2ccc(C#Cc3ncccn3)cc12. The predicted octanol–water partition coefficient (Wildman–Crippen LogP) is 4.50. The Labute approximate surface area is 270 Å². The fourth-order valence-corrected chi connectivity index (χ4v) is 5.58. The molecule has 1 saturated heterocycles. The van der Waals surface area contributed by atoms with Crippen LogP contribution in [0.25, 0.3) is 22.0 Å². The summed E-state index contributed by atoms with van der Waals surface area (Å²) in [6.45, 7) is -0.932. The van der Waals surface area contributed by atoms with E-state index in [0.717, 1.165) is 11.0 Å². The van der Waals surface area contributed by atoms with E-state index in [9.17, 15) is 23.2 Å². The largest absolute Gasteiger partial charge is 0.364 e. The molecule has 14 heteroatoms. The van der Waals surface area contributed by atoms with E-state index in [1.165, 1.54) is 22.9 Å². The number of benzene rings is 3. The molecule has 1 fully saturated rings. The van der Waals surface area contributed by atoms with Crippen LogP contribution in [0.5, 0.6) is 0 Å². The van der Waals surface area contributed by atoms with E-state index in [2.05, 4.69) is 32.2 Å². The Morgan fingerprint density at radius 1 is 1.00 bits per heavy atom. The third-order valence-electron chi connectivity index (χ3n) is 7.53. The standard InChI is InChI=1S/C33H23ClF3N7O3/c34-23-5-2-1-4-20(23)21-8-9-24(36)31(29(21)37)41-33(47)26-15-19(35)16-43(26)28(45)17-44-25-10-6-18(7-11-27-39-12-3-13-40-27)14-22(25)30(42-44)32(38)46/h1-6,8-10,12-14,19,26H,15-17H2,(H2,38,46)(H,41,47)/t19-,26+/m1/s1. The summed E-state index contributed by atoms with van der Waals surface area (Å²) < 4.78 is 46.2. The molecule has 3 heterocycles. The summed E-state index contributed by atoms with van der Waals surface area (Å²) in [5.41, 5.74) is 5.73. The van der Waals surface area contributed by atoms with Gasteiger partial charge in [-0.3, -0.25) is 19.1 Å². The first-order chi connectivity index (χ1) is 22.6. The molecule has 1 aliphatic rings. The number of likely N-dealkylation sites (tertiary alicyclic amines) is 1. The Balaban J connectivity index is 1.25. The number of rotatable bonds is 6. The molecule has 0 unspecified atom stereocenters. The molecule has 1 aliphatic heterocycles. The molecule has 6 rings (SSSR count). The van der Waals surface area contributed by atoms with E-state index >= 15 is 4.39 Å². The van der Waals surface area contributed by atoms with Gasteiger partial charge in [-0.15, -0.1) is 0 Å². The van der Waals surface area contributed by atoms with Gasteiger partial charge in [0.05, 0.1) is 12.1 Å². The summed E-state index contributed by atoms with van der Waals surface area (Å²) in [4.78, 5) is 48.1. The monoisotopic (exact) mass is 657 g/mol. The summed E-state index contributed by atoms with van der Waals surface area (Å²) >= 11 is 6.19. The number of hydrogen-bond acceptors (Lipinski definition) is 6. The highest BCUT2D eigenvalue weighted by atomic mass is 35.5. The van der Waals surface area contributed by atoms with Crippen LogP contribution in [0, 0.1) is 23.5 Å². The van der Waals surface area contributed by atoms with Crippen molar-refractivity contribution in [2.75, 3.05) is 11.9 Å². The number of nitrogens with two attached hydrogens (primary N) is 1. The second-order valence-corrected chi connectivity index (χ2v) is 11.0. The Morgan fingerprint density at radius 3 is 2.51 bits per heavy atom. The summed E-state index contributed by atoms with van der Waals surface area (Å²) in [6, 6.07) is 13.5. The molecule has 0 spiro atoms. The van der Waals surface area contributed by atoms with Gasteiger partial charge in [0.1, 0.15) is 30.3 Å². The van der Waals surface area contributed by atoms with Crippen LogP contribution in [-0.2, 0) is 16.1 Å². The Morgan fingerprint density at radius 2 is 1.77 bits per heavy atom. The van der Waals surface area contributed by atoms with Gasteiger partial charge in [0, 0.05) is 45.9 Å². The van der Waals surface area contributed by atoms with E-state index in [1.54, 1.807) is 48.8 Å². The molecule has 0 bridgehead atoms. The highest BCUT2D eigenvalue weighted by Gasteiger charge is 2.40. The average Bonchev–Trinajstić information content (AvgIpc) is 3.63. The smallest absolute Gasteiger partial charge is 0.269 e. The summed E-state index contributed by atoms with van der Waals surface area (Å²) in [5.74, 6) is 1.28. The maximum absolute atomic E-state index is 15.5. The van der Waals surface area contributed by atoms with Gasteiger partial charge in [0.15, 0.2) is 11.5 Å². The molecule has 10 nitrogen and oxygen atoms in total. The number of halogens is 4. The molecule has 47 heavy (non-hydrogen) atoms. The van der Waals surface area contributed by atoms with Crippen molar-refractivity contribution in [1.82, 2.24) is 24.6 Å². The minimum atomic E-state index is -1.58. The number of alkyl halides is 1. The fourth-order valence-electron chi connectivity index (χ4n) is 5.34. The maximum atomic E-state index is 15.5. The topological polar surface area (TPSA) is 136 Å². The first-order valence-electron chi connectivity index (χ1n) is 14.2. The lowest BCUT2D eigenvalue weighted by Crippen LogP contribution is -2.44. The zero-order valence-corrected chi connectivity index (χ0v) is 25.0. The minimum absolute atomic E-state index is 0.0617. The van der Waals surface area contributed by atoms with Gasteiger partial charge >= 0.3 is 0 Å². The van der Waals surface area contributed by atoms with E-state index in [1.807, 2.05) is 0 Å². The molecule has 5 aromatic rings. The molecular formula is C33H23ClF3N7O3. The van der Waals surface area contributed by atoms with Gasteiger partial charge in [-0.25, -0.2) is 23.1 Å². The Hall–Kier alpha value is -5.74. The molecule has 0 radical (unpaired) electrons. The number of nitrogens with one attached hydrogen (secondary N) is 1. The second-order valence-electron chi connectivity index (χ2n) is 10.6. The molecule has 3 N–H and O–H groups in total. The number of fused-ring (bicyclic) bond motifs is 1. The van der Waals surface area contributed by atoms with Crippen LogP contribution >= 0.6 is 11.6 Å². The number of primary amides is 1. The van der Waals surface area contributed by atoms with Gasteiger partial charge in [-0.1, -0.05) is 35.7 Å². The first-order valence-corrected chi connectivity index (χ1v) is 14.5. The van der Waals surface area contributed by atoms with Gasteiger partial charge in [0.25, 0.3) is 5.91 Å². The van der Waals surface area contributed by atoms with Gasteiger partial charge < -0.3 is 16.0 Å². The van der Waals surface area contributed by atoms with Crippen molar-refractivity contribution >= 4 is 45.9 Å². The third kappa shape index (κ3) is 6.36. The van der Waals surface area contributed by atoms with Crippen LogP contribution in [0.15, 0.2) is 73.1 Å². The van der Waals surface area contributed by atoms with Crippen molar-refractivity contribution < 1.29 is 27.6 Å². The zero-order valence-electron chi connectivity index (χ0n) is 24.3. The van der Waals surface area contributed by atoms with Crippen molar-refractivity contribution in [3.05, 3.63) is 107 Å². The van der Waals surface area contributed by atoms with Crippen LogP contribution in [0.2, 0.25) is 5.02 Å². The van der Waals surface area contributed by atoms with Gasteiger partial charge in [-0.2, -0.15) is 5.10 Å². The number of carbonyl (C=O) groups excluding carboxylic acids is 3. The van der Waals surface area contributed by atoms with Crippen LogP contribution in [-0.4, -0.2) is 61.1 Å². The van der Waals surface area contributed by atoms with Crippen LogP contribution in [0.1, 0.15) is 28.3 Å². The maximum Gasteiger partial charge on any atom is 0.269 e. The summed E-state index contributed by atoms with van der Waals surface area (Å²) in [6.07, 6.45) is 1.11. The van der Waals surface area contributed by atoms with E-state index in [4.69, 9.17) is 17.3 Å². The summed E-state index contributed by atoms with van der Waals surface area (Å²) in [5, 5.41) is 6.92. The molecule has 2 atom stereocenters. The van der Waals surface area contributed by atoms with Crippen LogP contribution < -0.4 is 11.1 Å². The van der Waals surface area contributed by atoms with Crippen molar-refractivity contribution in [3.8, 4) is 23.0 Å². The zero-order chi connectivity index (χ0) is 33.2. The Bertz CT molecular complexity index is 2110. The highest BCUT2D eigenvalue weighted by molar-refractivity contribution is 6.33. The molecular weight excluding hydrogens is 635 g/mol. The number of nitrogens with zero attached hydrogens (tertiary/aromatic N) is 5. The second kappa shape index (κ2) is 12.9. The molecule has 236 valence electrons. The number of anilines is 1. The predicted molar refractivity (Wildman–Crippen MR) is 167 cm³/mol. The minimum Gasteiger partial charge on any atom is -0.364 e. The van der Waals surface area contributed by atoms with Crippen LogP contribution in [0.3, 0.4) is 0 Å². The number of amides is 3. The van der Waals surface area contributed by atoms with Crippen molar-refractivity contribution in [2.24, 2.45) is 5.73 Å². The van der Waals surface area contributed by atoms with E-state index in [0.29, 0.717) is 16.5 Å². The lowest BCUT2D eigenvalue weighted by molar-refractivity contribution is -0.137. The van der Waals surface area contributed by atoms with Gasteiger partial charge in [0.2, 0.25) is 17.6 Å². The van der Waals surface area contributed by atoms with E-state index in [-0.39, 0.29) is 27.7 Å². The highest BCUT2D eigenvalue weighted by Crippen LogP contribution is 2.34. The van der Waals surface area contributed by atoms with Gasteiger partial charge in [-0.05, 0) is 48.4 Å². The van der Waals surface area contributed by atoms with Crippen molar-refractivity contribution in [2.45, 2.75) is 25.2 Å². The quantitative estimate of drug-likeness (QED) is 0.258. The first kappa shape index (κ1) is 31.3. The Kier molecular flexibility index (Phi) is 8.60. The normalized spacial score (nSPS) is 15.7. The van der Waals surface area contributed by atoms with Crippen molar-refractivity contribution in [3.63, 3.8) is 0 Å². The fraction of sp³-hybridized carbons (Fsp3) is 0.152. The molecule has 2 aromatic heterocycles. The summed E-state index contributed by atoms with van der Waals surface area (Å²) in [7, 11) is 0. The lowest BCUT2D eigenvalue weighted by Gasteiger charge is -2.24.